The third-order valence-corrected chi connectivity index (χ3v) is 4.66. The maximum atomic E-state index is 12.9. The highest BCUT2D eigenvalue weighted by molar-refractivity contribution is 5.83. The average molecular weight is 367 g/mol. The van der Waals surface area contributed by atoms with Crippen LogP contribution in [0.25, 0.3) is 0 Å². The van der Waals surface area contributed by atoms with E-state index < -0.39 is 23.4 Å². The number of aromatic hydroxyl groups is 1. The summed E-state index contributed by atoms with van der Waals surface area (Å²) in [6.07, 6.45) is 3.22. The number of carbonyl (C=O) groups is 1. The van der Waals surface area contributed by atoms with Gasteiger partial charge in [0, 0.05) is 6.04 Å². The number of allylic oxidation sites excluding steroid dienone is 3. The Kier molecular flexibility index (Phi) is 6.16. The van der Waals surface area contributed by atoms with E-state index in [1.165, 1.54) is 18.6 Å². The van der Waals surface area contributed by atoms with Crippen molar-refractivity contribution < 1.29 is 23.1 Å². The number of phenolic OH excluding ortho intramolecular Hbond substituents is 1. The minimum atomic E-state index is -4.58. The van der Waals surface area contributed by atoms with Gasteiger partial charge in [0.25, 0.3) is 0 Å². The summed E-state index contributed by atoms with van der Waals surface area (Å²) in [5.41, 5.74) is 0.410. The lowest BCUT2D eigenvalue weighted by Gasteiger charge is -2.23. The molecule has 2 rings (SSSR count). The largest absolute Gasteiger partial charge is 0.508 e. The molecular weight excluding hydrogens is 343 g/mol. The van der Waals surface area contributed by atoms with Gasteiger partial charge in [-0.05, 0) is 56.4 Å². The third-order valence-electron chi connectivity index (χ3n) is 4.66. The number of alkyl halides is 3. The summed E-state index contributed by atoms with van der Waals surface area (Å²) in [4.78, 5) is 12.4. The van der Waals surface area contributed by atoms with E-state index in [1.807, 2.05) is 19.1 Å². The summed E-state index contributed by atoms with van der Waals surface area (Å²) >= 11 is 0. The SMILES string of the molecule is CC1CC=CC=C1C[C@@H](C)NC(=O)[C@@H](C)c1cc(O)cc(C(F)(F)F)c1. The van der Waals surface area contributed by atoms with E-state index in [9.17, 15) is 23.1 Å². The van der Waals surface area contributed by atoms with Crippen molar-refractivity contribution in [1.82, 2.24) is 5.32 Å². The fraction of sp³-hybridized carbons (Fsp3) is 0.450. The van der Waals surface area contributed by atoms with Gasteiger partial charge in [0.1, 0.15) is 5.75 Å². The monoisotopic (exact) mass is 367 g/mol. The zero-order valence-corrected chi connectivity index (χ0v) is 15.1. The second kappa shape index (κ2) is 7.98. The van der Waals surface area contributed by atoms with Crippen LogP contribution in [0.15, 0.2) is 42.0 Å². The van der Waals surface area contributed by atoms with Crippen molar-refractivity contribution in [3.05, 3.63) is 53.1 Å². The number of halogens is 3. The Morgan fingerprint density at radius 3 is 2.62 bits per heavy atom. The van der Waals surface area contributed by atoms with E-state index in [0.717, 1.165) is 12.5 Å². The van der Waals surface area contributed by atoms with E-state index in [-0.39, 0.29) is 17.5 Å². The Bertz CT molecular complexity index is 722. The number of rotatable bonds is 5. The zero-order chi connectivity index (χ0) is 19.5. The molecule has 1 aromatic carbocycles. The van der Waals surface area contributed by atoms with Gasteiger partial charge in [-0.15, -0.1) is 0 Å². The molecule has 0 saturated heterocycles. The van der Waals surface area contributed by atoms with Crippen molar-refractivity contribution in [1.29, 1.82) is 0 Å². The molecule has 1 aromatic rings. The normalized spacial score (nSPS) is 19.6. The highest BCUT2D eigenvalue weighted by Gasteiger charge is 2.32. The predicted octanol–water partition coefficient (Wildman–Crippen LogP) is 4.93. The molecule has 0 heterocycles. The highest BCUT2D eigenvalue weighted by atomic mass is 19.4. The van der Waals surface area contributed by atoms with E-state index in [4.69, 9.17) is 0 Å². The highest BCUT2D eigenvalue weighted by Crippen LogP contribution is 2.34. The van der Waals surface area contributed by atoms with Gasteiger partial charge in [0.05, 0.1) is 11.5 Å². The van der Waals surface area contributed by atoms with Gasteiger partial charge in [0.15, 0.2) is 0 Å². The van der Waals surface area contributed by atoms with Gasteiger partial charge in [-0.3, -0.25) is 4.79 Å². The summed E-state index contributed by atoms with van der Waals surface area (Å²) in [5.74, 6) is -1.26. The maximum Gasteiger partial charge on any atom is 0.416 e. The summed E-state index contributed by atoms with van der Waals surface area (Å²) in [7, 11) is 0. The van der Waals surface area contributed by atoms with Crippen LogP contribution in [-0.4, -0.2) is 17.1 Å². The van der Waals surface area contributed by atoms with E-state index in [2.05, 4.69) is 18.3 Å². The lowest BCUT2D eigenvalue weighted by atomic mass is 9.89. The molecule has 0 radical (unpaired) electrons. The standard InChI is InChI=1S/C20H24F3NO2/c1-12-6-4-5-7-15(12)8-13(2)24-19(26)14(3)16-9-17(20(21,22)23)11-18(25)10-16/h4-5,7,9-14,25H,6,8H2,1-3H3,(H,24,26)/t12?,13-,14+/m1/s1. The molecule has 26 heavy (non-hydrogen) atoms. The third kappa shape index (κ3) is 5.13. The average Bonchev–Trinajstić information content (AvgIpc) is 2.54. The first-order valence-electron chi connectivity index (χ1n) is 8.65. The molecule has 142 valence electrons. The first-order valence-corrected chi connectivity index (χ1v) is 8.65. The van der Waals surface area contributed by atoms with E-state index >= 15 is 0 Å². The zero-order valence-electron chi connectivity index (χ0n) is 15.1. The topological polar surface area (TPSA) is 49.3 Å². The van der Waals surface area contributed by atoms with E-state index in [1.54, 1.807) is 0 Å². The lowest BCUT2D eigenvalue weighted by Crippen LogP contribution is -2.36. The van der Waals surface area contributed by atoms with Gasteiger partial charge in [-0.1, -0.05) is 30.7 Å². The number of hydrogen-bond acceptors (Lipinski definition) is 2. The van der Waals surface area contributed by atoms with Gasteiger partial charge in [-0.2, -0.15) is 13.2 Å². The first-order chi connectivity index (χ1) is 12.1. The van der Waals surface area contributed by atoms with Crippen LogP contribution in [0, 0.1) is 5.92 Å². The second-order valence-corrected chi connectivity index (χ2v) is 6.95. The first kappa shape index (κ1) is 20.1. The van der Waals surface area contributed by atoms with Gasteiger partial charge >= 0.3 is 6.18 Å². The van der Waals surface area contributed by atoms with Crippen LogP contribution in [0.4, 0.5) is 13.2 Å². The number of carbonyl (C=O) groups excluding carboxylic acids is 1. The van der Waals surface area contributed by atoms with Crippen molar-refractivity contribution in [3.63, 3.8) is 0 Å². The van der Waals surface area contributed by atoms with Crippen LogP contribution in [0.3, 0.4) is 0 Å². The second-order valence-electron chi connectivity index (χ2n) is 6.95. The van der Waals surface area contributed by atoms with Gasteiger partial charge in [-0.25, -0.2) is 0 Å². The summed E-state index contributed by atoms with van der Waals surface area (Å²) < 4.78 is 38.7. The van der Waals surface area contributed by atoms with Crippen molar-refractivity contribution >= 4 is 5.91 Å². The molecule has 1 amide bonds. The van der Waals surface area contributed by atoms with Crippen LogP contribution in [0.2, 0.25) is 0 Å². The van der Waals surface area contributed by atoms with Crippen LogP contribution in [0.5, 0.6) is 5.75 Å². The van der Waals surface area contributed by atoms with Crippen molar-refractivity contribution in [2.45, 2.75) is 51.7 Å². The summed E-state index contributed by atoms with van der Waals surface area (Å²) in [5, 5.41) is 12.4. The molecule has 1 aliphatic rings. The Balaban J connectivity index is 2.06. The van der Waals surface area contributed by atoms with Gasteiger partial charge < -0.3 is 10.4 Å². The van der Waals surface area contributed by atoms with Gasteiger partial charge in [0.2, 0.25) is 5.91 Å². The van der Waals surface area contributed by atoms with Crippen LogP contribution in [0.1, 0.15) is 50.7 Å². The number of phenols is 1. The number of benzene rings is 1. The van der Waals surface area contributed by atoms with Crippen molar-refractivity contribution in [3.8, 4) is 5.75 Å². The Morgan fingerprint density at radius 2 is 2.00 bits per heavy atom. The maximum absolute atomic E-state index is 12.9. The minimum Gasteiger partial charge on any atom is -0.508 e. The minimum absolute atomic E-state index is 0.134. The quantitative estimate of drug-likeness (QED) is 0.775. The fourth-order valence-electron chi connectivity index (χ4n) is 3.03. The van der Waals surface area contributed by atoms with Crippen LogP contribution >= 0.6 is 0 Å². The van der Waals surface area contributed by atoms with Crippen LogP contribution in [-0.2, 0) is 11.0 Å². The molecule has 1 unspecified atom stereocenters. The Morgan fingerprint density at radius 1 is 1.31 bits per heavy atom. The molecule has 6 heteroatoms. The smallest absolute Gasteiger partial charge is 0.416 e. The number of hydrogen-bond donors (Lipinski definition) is 2. The van der Waals surface area contributed by atoms with Crippen molar-refractivity contribution in [2.75, 3.05) is 0 Å². The molecule has 2 N–H and O–H groups in total. The molecule has 0 bridgehead atoms. The number of nitrogens with one attached hydrogen (secondary N) is 1. The Hall–Kier alpha value is -2.24. The lowest BCUT2D eigenvalue weighted by molar-refractivity contribution is -0.137. The molecule has 1 aliphatic carbocycles. The number of amides is 1. The van der Waals surface area contributed by atoms with Crippen LogP contribution < -0.4 is 5.32 Å². The fourth-order valence-corrected chi connectivity index (χ4v) is 3.03. The summed E-state index contributed by atoms with van der Waals surface area (Å²) in [6.45, 7) is 5.53. The van der Waals surface area contributed by atoms with Crippen molar-refractivity contribution in [2.24, 2.45) is 5.92 Å². The molecule has 0 saturated carbocycles. The Labute approximate surface area is 151 Å². The summed E-state index contributed by atoms with van der Waals surface area (Å²) in [6, 6.07) is 2.62. The molecule has 3 nitrogen and oxygen atoms in total. The molecule has 0 aromatic heterocycles. The van der Waals surface area contributed by atoms with E-state index in [0.29, 0.717) is 18.4 Å². The molecule has 3 atom stereocenters. The predicted molar refractivity (Wildman–Crippen MR) is 94.7 cm³/mol. The molecular formula is C20H24F3NO2. The molecule has 0 spiro atoms. The molecule has 0 aliphatic heterocycles. The molecule has 0 fully saturated rings.